The Balaban J connectivity index is 1.71. The van der Waals surface area contributed by atoms with Gasteiger partial charge in [-0.25, -0.2) is 13.2 Å². The van der Waals surface area contributed by atoms with E-state index in [-0.39, 0.29) is 17.5 Å². The summed E-state index contributed by atoms with van der Waals surface area (Å²) in [4.78, 5) is 12.2. The molecular formula is C16H18N2O4S. The Labute approximate surface area is 134 Å². The summed E-state index contributed by atoms with van der Waals surface area (Å²) in [5.74, 6) is 0.737. The van der Waals surface area contributed by atoms with Crippen molar-refractivity contribution in [3.8, 4) is 0 Å². The summed E-state index contributed by atoms with van der Waals surface area (Å²) in [5, 5.41) is 5.58. The topological polar surface area (TPSA) is 88.4 Å². The third-order valence-electron chi connectivity index (χ3n) is 3.80. The number of urea groups is 1. The molecule has 3 rings (SSSR count). The molecule has 0 saturated carbocycles. The number of amides is 2. The van der Waals surface area contributed by atoms with Gasteiger partial charge in [-0.05, 0) is 24.1 Å². The molecule has 0 unspecified atom stereocenters. The number of sulfone groups is 1. The van der Waals surface area contributed by atoms with Crippen molar-refractivity contribution in [2.45, 2.75) is 18.5 Å². The normalized spacial score (nSPS) is 20.8. The summed E-state index contributed by atoms with van der Waals surface area (Å²) in [6.07, 6.45) is 2.00. The predicted molar refractivity (Wildman–Crippen MR) is 85.7 cm³/mol. The lowest BCUT2D eigenvalue weighted by Gasteiger charge is -2.19. The predicted octanol–water partition coefficient (Wildman–Crippen LogP) is 1.86. The van der Waals surface area contributed by atoms with Gasteiger partial charge in [-0.15, -0.1) is 0 Å². The molecular weight excluding hydrogens is 316 g/mol. The highest BCUT2D eigenvalue weighted by Crippen LogP contribution is 2.22. The van der Waals surface area contributed by atoms with Gasteiger partial charge in [0.15, 0.2) is 9.84 Å². The van der Waals surface area contributed by atoms with Crippen LogP contribution in [0.5, 0.6) is 0 Å². The molecule has 1 fully saturated rings. The lowest BCUT2D eigenvalue weighted by Crippen LogP contribution is -2.44. The molecule has 2 N–H and O–H groups in total. The number of benzene rings is 1. The lowest BCUT2D eigenvalue weighted by atomic mass is 10.0. The van der Waals surface area contributed by atoms with Crippen LogP contribution >= 0.6 is 0 Å². The molecule has 0 aliphatic carbocycles. The van der Waals surface area contributed by atoms with Gasteiger partial charge in [0.1, 0.15) is 11.8 Å². The minimum Gasteiger partial charge on any atom is -0.467 e. The fourth-order valence-electron chi connectivity index (χ4n) is 2.69. The van der Waals surface area contributed by atoms with Crippen LogP contribution in [0.3, 0.4) is 0 Å². The van der Waals surface area contributed by atoms with E-state index < -0.39 is 21.9 Å². The molecule has 7 heteroatoms. The maximum absolute atomic E-state index is 12.2. The molecule has 6 nitrogen and oxygen atoms in total. The molecule has 1 saturated heterocycles. The molecule has 23 heavy (non-hydrogen) atoms. The zero-order valence-electron chi connectivity index (χ0n) is 12.4. The van der Waals surface area contributed by atoms with E-state index in [9.17, 15) is 13.2 Å². The van der Waals surface area contributed by atoms with Crippen molar-refractivity contribution in [2.75, 3.05) is 11.5 Å². The summed E-state index contributed by atoms with van der Waals surface area (Å²) in [6, 6.07) is 11.8. The highest BCUT2D eigenvalue weighted by atomic mass is 32.2. The molecule has 2 amide bonds. The van der Waals surface area contributed by atoms with Crippen molar-refractivity contribution in [3.05, 3.63) is 60.1 Å². The second kappa shape index (κ2) is 6.45. The van der Waals surface area contributed by atoms with Gasteiger partial charge in [-0.2, -0.15) is 0 Å². The average molecular weight is 334 g/mol. The van der Waals surface area contributed by atoms with E-state index in [1.165, 1.54) is 0 Å². The van der Waals surface area contributed by atoms with Crippen molar-refractivity contribution in [3.63, 3.8) is 0 Å². The SMILES string of the molecule is O=C(N[C@@H]1CCS(=O)(=O)C1)N[C@H](c1ccccc1)c1ccco1. The number of furan rings is 1. The van der Waals surface area contributed by atoms with E-state index in [1.807, 2.05) is 30.3 Å². The van der Waals surface area contributed by atoms with Crippen LogP contribution in [-0.2, 0) is 9.84 Å². The van der Waals surface area contributed by atoms with Crippen molar-refractivity contribution in [2.24, 2.45) is 0 Å². The Kier molecular flexibility index (Phi) is 4.38. The summed E-state index contributed by atoms with van der Waals surface area (Å²) >= 11 is 0. The fourth-order valence-corrected chi connectivity index (χ4v) is 4.36. The van der Waals surface area contributed by atoms with Gasteiger partial charge in [0.2, 0.25) is 0 Å². The number of nitrogens with one attached hydrogen (secondary N) is 2. The van der Waals surface area contributed by atoms with Crippen molar-refractivity contribution >= 4 is 15.9 Å². The molecule has 0 radical (unpaired) electrons. The number of hydrogen-bond acceptors (Lipinski definition) is 4. The molecule has 122 valence electrons. The van der Waals surface area contributed by atoms with Gasteiger partial charge in [0.25, 0.3) is 0 Å². The monoisotopic (exact) mass is 334 g/mol. The first kappa shape index (κ1) is 15.6. The van der Waals surface area contributed by atoms with E-state index in [1.54, 1.807) is 18.4 Å². The van der Waals surface area contributed by atoms with Crippen LogP contribution in [-0.4, -0.2) is 32.0 Å². The molecule has 2 aromatic rings. The fraction of sp³-hybridized carbons (Fsp3) is 0.312. The molecule has 0 bridgehead atoms. The van der Waals surface area contributed by atoms with Gasteiger partial charge < -0.3 is 15.1 Å². The standard InChI is InChI=1S/C16H18N2O4S/c19-16(17-13-8-10-23(20,21)11-13)18-15(14-7-4-9-22-14)12-5-2-1-3-6-12/h1-7,9,13,15H,8,10-11H2,(H2,17,18,19)/t13-,15-/m1/s1. The molecule has 0 spiro atoms. The minimum atomic E-state index is -3.03. The van der Waals surface area contributed by atoms with Crippen LogP contribution in [0.4, 0.5) is 4.79 Å². The number of rotatable bonds is 4. The van der Waals surface area contributed by atoms with Gasteiger partial charge in [-0.3, -0.25) is 0 Å². The van der Waals surface area contributed by atoms with Crippen molar-refractivity contribution in [1.82, 2.24) is 10.6 Å². The third kappa shape index (κ3) is 3.92. The van der Waals surface area contributed by atoms with E-state index in [4.69, 9.17) is 4.42 Å². The van der Waals surface area contributed by atoms with Gasteiger partial charge in [-0.1, -0.05) is 30.3 Å². The van der Waals surface area contributed by atoms with E-state index in [0.29, 0.717) is 12.2 Å². The van der Waals surface area contributed by atoms with Crippen molar-refractivity contribution < 1.29 is 17.6 Å². The van der Waals surface area contributed by atoms with Crippen LogP contribution in [0.2, 0.25) is 0 Å². The Morgan fingerprint density at radius 2 is 1.96 bits per heavy atom. The van der Waals surface area contributed by atoms with E-state index in [0.717, 1.165) is 5.56 Å². The quantitative estimate of drug-likeness (QED) is 0.893. The zero-order chi connectivity index (χ0) is 16.3. The second-order valence-electron chi connectivity index (χ2n) is 5.58. The first-order valence-corrected chi connectivity index (χ1v) is 9.21. The Hall–Kier alpha value is -2.28. The van der Waals surface area contributed by atoms with Gasteiger partial charge in [0.05, 0.1) is 17.8 Å². The highest BCUT2D eigenvalue weighted by molar-refractivity contribution is 7.91. The molecule has 1 aromatic carbocycles. The Morgan fingerprint density at radius 1 is 1.17 bits per heavy atom. The summed E-state index contributed by atoms with van der Waals surface area (Å²) < 4.78 is 28.3. The Bertz CT molecular complexity index is 757. The Morgan fingerprint density at radius 3 is 2.57 bits per heavy atom. The number of carbonyl (C=O) groups is 1. The van der Waals surface area contributed by atoms with Crippen LogP contribution in [0, 0.1) is 0 Å². The van der Waals surface area contributed by atoms with E-state index >= 15 is 0 Å². The van der Waals surface area contributed by atoms with Crippen LogP contribution in [0.25, 0.3) is 0 Å². The minimum absolute atomic E-state index is 0.00280. The van der Waals surface area contributed by atoms with E-state index in [2.05, 4.69) is 10.6 Å². The first-order chi connectivity index (χ1) is 11.0. The smallest absolute Gasteiger partial charge is 0.315 e. The highest BCUT2D eigenvalue weighted by Gasteiger charge is 2.29. The number of carbonyl (C=O) groups excluding carboxylic acids is 1. The maximum atomic E-state index is 12.2. The lowest BCUT2D eigenvalue weighted by molar-refractivity contribution is 0.234. The third-order valence-corrected chi connectivity index (χ3v) is 5.57. The summed E-state index contributed by atoms with van der Waals surface area (Å²) in [5.41, 5.74) is 0.886. The zero-order valence-corrected chi connectivity index (χ0v) is 13.3. The first-order valence-electron chi connectivity index (χ1n) is 7.39. The molecule has 1 aromatic heterocycles. The molecule has 2 heterocycles. The second-order valence-corrected chi connectivity index (χ2v) is 7.81. The number of hydrogen-bond donors (Lipinski definition) is 2. The van der Waals surface area contributed by atoms with Crippen LogP contribution < -0.4 is 10.6 Å². The average Bonchev–Trinajstić information content (AvgIpc) is 3.15. The summed E-state index contributed by atoms with van der Waals surface area (Å²) in [6.45, 7) is 0. The van der Waals surface area contributed by atoms with Gasteiger partial charge in [0, 0.05) is 6.04 Å². The van der Waals surface area contributed by atoms with Crippen LogP contribution in [0.1, 0.15) is 23.8 Å². The summed E-state index contributed by atoms with van der Waals surface area (Å²) in [7, 11) is -3.03. The molecule has 2 atom stereocenters. The van der Waals surface area contributed by atoms with Crippen LogP contribution in [0.15, 0.2) is 53.1 Å². The van der Waals surface area contributed by atoms with Crippen molar-refractivity contribution in [1.29, 1.82) is 0 Å². The van der Waals surface area contributed by atoms with Gasteiger partial charge >= 0.3 is 6.03 Å². The largest absolute Gasteiger partial charge is 0.467 e. The molecule has 1 aliphatic heterocycles. The molecule has 1 aliphatic rings. The maximum Gasteiger partial charge on any atom is 0.315 e.